The van der Waals surface area contributed by atoms with Crippen LogP contribution < -0.4 is 0 Å². The molecule has 0 amide bonds. The Hall–Kier alpha value is -17.2. The zero-order valence-corrected chi connectivity index (χ0v) is 67.9. The molecule has 15 aromatic carbocycles. The molecule has 27 rings (SSSR count). The van der Waals surface area contributed by atoms with Gasteiger partial charge in [-0.25, -0.2) is 0 Å². The van der Waals surface area contributed by atoms with Gasteiger partial charge in [0.15, 0.2) is 0 Å². The molecule has 0 radical (unpaired) electrons. The monoisotopic (exact) mass is 1610 g/mol. The van der Waals surface area contributed by atoms with Gasteiger partial charge in [0.05, 0.1) is 88.9 Å². The molecule has 12 aromatic heterocycles. The van der Waals surface area contributed by atoms with Gasteiger partial charge in [-0.05, 0) is 221 Å². The summed E-state index contributed by atoms with van der Waals surface area (Å²) in [5.41, 5.74) is 31.7. The highest BCUT2D eigenvalue weighted by Crippen LogP contribution is 2.45. The number of benzene rings is 15. The van der Waals surface area contributed by atoms with Crippen molar-refractivity contribution in [1.29, 1.82) is 0 Å². The quantitative estimate of drug-likeness (QED) is 0.142. The van der Waals surface area contributed by atoms with Crippen molar-refractivity contribution < 1.29 is 0 Å². The minimum Gasteiger partial charge on any atom is -0.309 e. The molecule has 12 nitrogen and oxygen atoms in total. The third-order valence-corrected chi connectivity index (χ3v) is 25.2. The van der Waals surface area contributed by atoms with Crippen LogP contribution in [-0.4, -0.2) is 57.3 Å². The van der Waals surface area contributed by atoms with Crippen molar-refractivity contribution in [1.82, 2.24) is 57.3 Å². The third kappa shape index (κ3) is 11.5. The van der Waals surface area contributed by atoms with Crippen LogP contribution in [0.15, 0.2) is 438 Å². The van der Waals surface area contributed by atoms with Crippen LogP contribution in [0, 0.1) is 0 Å². The van der Waals surface area contributed by atoms with E-state index >= 15 is 0 Å². The first-order valence-corrected chi connectivity index (χ1v) is 42.5. The number of aromatic nitrogens is 12. The summed E-state index contributed by atoms with van der Waals surface area (Å²) in [6.07, 6.45) is 15.3. The average molecular weight is 1610 g/mol. The van der Waals surface area contributed by atoms with E-state index in [1.165, 1.54) is 132 Å². The van der Waals surface area contributed by atoms with Gasteiger partial charge in [-0.3, -0.25) is 29.9 Å². The lowest BCUT2D eigenvalue weighted by molar-refractivity contribution is 1.18. The second-order valence-corrected chi connectivity index (χ2v) is 32.2. The summed E-state index contributed by atoms with van der Waals surface area (Å²) >= 11 is 0. The first-order chi connectivity index (χ1) is 62.5. The van der Waals surface area contributed by atoms with Gasteiger partial charge in [-0.1, -0.05) is 200 Å². The van der Waals surface area contributed by atoms with Crippen LogP contribution in [0.3, 0.4) is 0 Å². The molecule has 12 heteroatoms. The van der Waals surface area contributed by atoms with Crippen LogP contribution in [0.4, 0.5) is 0 Å². The van der Waals surface area contributed by atoms with Gasteiger partial charge in [0, 0.05) is 153 Å². The van der Waals surface area contributed by atoms with Crippen LogP contribution in [0.1, 0.15) is 0 Å². The molecule has 0 spiro atoms. The summed E-state index contributed by atoms with van der Waals surface area (Å²) in [6.45, 7) is 0. The zero-order valence-electron chi connectivity index (χ0n) is 67.9. The minimum atomic E-state index is 0.894. The number of hydrogen-bond acceptors (Lipinski definition) is 6. The molecular formula is C114H72N12. The Balaban J connectivity index is 0.000000103. The molecule has 0 aliphatic rings. The molecule has 0 saturated heterocycles. The highest BCUT2D eigenvalue weighted by molar-refractivity contribution is 6.22. The smallest absolute Gasteiger partial charge is 0.113 e. The maximum Gasteiger partial charge on any atom is 0.113 e. The summed E-state index contributed by atoms with van der Waals surface area (Å²) in [5, 5.41) is 16.5. The number of nitrogens with zero attached hydrogens (tertiary/aromatic N) is 12. The van der Waals surface area contributed by atoms with E-state index in [9.17, 15) is 0 Å². The fraction of sp³-hybridized carbons (Fsp3) is 0. The van der Waals surface area contributed by atoms with Gasteiger partial charge in [0.2, 0.25) is 0 Å². The fourth-order valence-corrected chi connectivity index (χ4v) is 19.7. The largest absolute Gasteiger partial charge is 0.309 e. The van der Waals surface area contributed by atoms with Crippen molar-refractivity contribution in [3.8, 4) is 67.5 Å². The SMILES string of the molecule is c1ccc(-n2c3ccccc3c3cc(-c4ccc5c(c4)c4cnc6cccnc6c4n5-c4ccccc4)ccc32)cc1.c1ccc(-n2c3ccccc3c3cc(-c4ccc5c(c4)c4cnc6ccncc6c4n5-c4ccccc4)ccc32)cc1.c1ccc(-n2c3ccccc3c3cc(-c4ccc5c(c4)c4cnc6cnccc6c4n5-c4ccccc4)ccc32)cc1. The molecule has 0 saturated carbocycles. The molecule has 0 N–H and O–H groups in total. The molecule has 0 atom stereocenters. The van der Waals surface area contributed by atoms with Gasteiger partial charge in [-0.2, -0.15) is 0 Å². The Morgan fingerprint density at radius 1 is 0.151 bits per heavy atom. The summed E-state index contributed by atoms with van der Waals surface area (Å²) in [5.74, 6) is 0. The van der Waals surface area contributed by atoms with Gasteiger partial charge < -0.3 is 27.4 Å². The van der Waals surface area contributed by atoms with Crippen LogP contribution in [0.2, 0.25) is 0 Å². The minimum absolute atomic E-state index is 0.894. The van der Waals surface area contributed by atoms with Crippen molar-refractivity contribution in [2.75, 3.05) is 0 Å². The summed E-state index contributed by atoms with van der Waals surface area (Å²) in [4.78, 5) is 28.0. The lowest BCUT2D eigenvalue weighted by Gasteiger charge is -2.10. The summed E-state index contributed by atoms with van der Waals surface area (Å²) in [7, 11) is 0. The molecule has 0 bridgehead atoms. The molecule has 0 aliphatic heterocycles. The van der Waals surface area contributed by atoms with E-state index in [4.69, 9.17) is 19.9 Å². The van der Waals surface area contributed by atoms with Crippen molar-refractivity contribution in [2.24, 2.45) is 0 Å². The molecule has 126 heavy (non-hydrogen) atoms. The van der Waals surface area contributed by atoms with Crippen LogP contribution in [-0.2, 0) is 0 Å². The molecule has 0 unspecified atom stereocenters. The van der Waals surface area contributed by atoms with E-state index in [0.717, 1.165) is 99.2 Å². The maximum atomic E-state index is 4.82. The van der Waals surface area contributed by atoms with Gasteiger partial charge >= 0.3 is 0 Å². The number of para-hydroxylation sites is 9. The normalized spacial score (nSPS) is 11.8. The highest BCUT2D eigenvalue weighted by atomic mass is 15.0. The Morgan fingerprint density at radius 2 is 0.437 bits per heavy atom. The van der Waals surface area contributed by atoms with E-state index in [1.807, 2.05) is 61.6 Å². The Morgan fingerprint density at radius 3 is 0.825 bits per heavy atom. The predicted octanol–water partition coefficient (Wildman–Crippen LogP) is 28.5. The van der Waals surface area contributed by atoms with E-state index in [1.54, 1.807) is 6.20 Å². The first kappa shape index (κ1) is 71.7. The Bertz CT molecular complexity index is 8190. The van der Waals surface area contributed by atoms with Crippen molar-refractivity contribution in [2.45, 2.75) is 0 Å². The maximum absolute atomic E-state index is 4.82. The molecule has 0 aliphatic carbocycles. The Labute approximate surface area is 721 Å². The van der Waals surface area contributed by atoms with Crippen LogP contribution in [0.5, 0.6) is 0 Å². The topological polar surface area (TPSA) is 107 Å². The molecule has 12 heterocycles. The molecule has 27 aromatic rings. The highest BCUT2D eigenvalue weighted by Gasteiger charge is 2.24. The van der Waals surface area contributed by atoms with Gasteiger partial charge in [0.25, 0.3) is 0 Å². The van der Waals surface area contributed by atoms with Crippen molar-refractivity contribution >= 4 is 164 Å². The number of pyridine rings is 6. The van der Waals surface area contributed by atoms with E-state index in [-0.39, 0.29) is 0 Å². The lowest BCUT2D eigenvalue weighted by atomic mass is 10.0. The van der Waals surface area contributed by atoms with Crippen LogP contribution >= 0.6 is 0 Å². The first-order valence-electron chi connectivity index (χ1n) is 42.5. The summed E-state index contributed by atoms with van der Waals surface area (Å²) in [6, 6.07) is 138. The Kier molecular flexibility index (Phi) is 16.7. The fourth-order valence-electron chi connectivity index (χ4n) is 19.7. The van der Waals surface area contributed by atoms with Crippen molar-refractivity contribution in [3.05, 3.63) is 438 Å². The molecule has 0 fully saturated rings. The van der Waals surface area contributed by atoms with Crippen molar-refractivity contribution in [3.63, 3.8) is 0 Å². The number of fused-ring (bicyclic) bond motifs is 24. The standard InChI is InChI=1S/3C38H24N4/c1-3-10-27(11-4-1)41-34-16-8-7-14-29(34)30-22-25(17-19-35(30)41)26-18-20-36-31(23-26)32-24-40-33-15-9-21-39-37(33)38(32)42(36)28-12-5-2-6-13-28;1-3-9-27(10-4-1)41-35-14-8-7-13-29(35)30-21-25(15-17-36(30)41)26-16-18-37-31(22-26)32-24-40-34-19-20-39-23-33(34)38(32)42(37)28-11-5-2-6-12-28;1-3-9-27(10-4-1)41-35-14-8-7-13-29(35)31-21-25(15-17-36(31)41)26-16-18-37-32(22-26)33-23-40-34-24-39-20-19-30(34)38(33)42(37)28-11-5-2-6-12-28/h3*1-24H. The number of rotatable bonds is 9. The van der Waals surface area contributed by atoms with E-state index in [2.05, 4.69) is 407 Å². The van der Waals surface area contributed by atoms with Crippen LogP contribution in [0.25, 0.3) is 231 Å². The van der Waals surface area contributed by atoms with E-state index < -0.39 is 0 Å². The molecule has 588 valence electrons. The zero-order chi connectivity index (χ0) is 82.9. The van der Waals surface area contributed by atoms with E-state index in [0.29, 0.717) is 0 Å². The predicted molar refractivity (Wildman–Crippen MR) is 521 cm³/mol. The average Bonchev–Trinajstić information content (AvgIpc) is 1.58. The lowest BCUT2D eigenvalue weighted by Crippen LogP contribution is -1.95. The third-order valence-electron chi connectivity index (χ3n) is 25.2. The second kappa shape index (κ2) is 29.3. The molecular weight excluding hydrogens is 1540 g/mol. The van der Waals surface area contributed by atoms with Gasteiger partial charge in [0.1, 0.15) is 5.52 Å². The van der Waals surface area contributed by atoms with Gasteiger partial charge in [-0.15, -0.1) is 0 Å². The number of hydrogen-bond donors (Lipinski definition) is 0. The second-order valence-electron chi connectivity index (χ2n) is 32.2. The summed E-state index contributed by atoms with van der Waals surface area (Å²) < 4.78 is 14.1.